The van der Waals surface area contributed by atoms with Gasteiger partial charge in [0.05, 0.1) is 5.60 Å². The van der Waals surface area contributed by atoms with Crippen LogP contribution in [0.15, 0.2) is 48.6 Å². The van der Waals surface area contributed by atoms with Crippen LogP contribution in [0.1, 0.15) is 38.7 Å². The molecule has 0 aromatic heterocycles. The second-order valence-corrected chi connectivity index (χ2v) is 6.05. The minimum absolute atomic E-state index is 0.211. The van der Waals surface area contributed by atoms with Crippen molar-refractivity contribution in [2.45, 2.75) is 38.7 Å². The zero-order valence-corrected chi connectivity index (χ0v) is 12.0. The van der Waals surface area contributed by atoms with Gasteiger partial charge in [-0.1, -0.05) is 54.6 Å². The molecule has 0 bridgehead atoms. The highest BCUT2D eigenvalue weighted by Gasteiger charge is 2.36. The standard InChI is InChI=1S/C18H24O/c1-14(2)16-11-12-18(3,19)17(13-16)10-9-15-7-5-4-6-8-15/h4-10,16-17,19H,1,11-13H2,2-3H3. The van der Waals surface area contributed by atoms with Gasteiger partial charge in [0.25, 0.3) is 0 Å². The Hall–Kier alpha value is -1.34. The first-order chi connectivity index (χ1) is 8.99. The van der Waals surface area contributed by atoms with Crippen molar-refractivity contribution in [2.75, 3.05) is 0 Å². The number of benzene rings is 1. The molecule has 1 aromatic rings. The summed E-state index contributed by atoms with van der Waals surface area (Å²) in [7, 11) is 0. The highest BCUT2D eigenvalue weighted by molar-refractivity contribution is 5.49. The fourth-order valence-corrected chi connectivity index (χ4v) is 2.85. The van der Waals surface area contributed by atoms with Crippen LogP contribution in [-0.4, -0.2) is 10.7 Å². The summed E-state index contributed by atoms with van der Waals surface area (Å²) in [6.07, 6.45) is 7.21. The van der Waals surface area contributed by atoms with Gasteiger partial charge in [0.15, 0.2) is 0 Å². The predicted octanol–water partition coefficient (Wildman–Crippen LogP) is 4.44. The van der Waals surface area contributed by atoms with Gasteiger partial charge in [-0.05, 0) is 44.6 Å². The average molecular weight is 256 g/mol. The van der Waals surface area contributed by atoms with Crippen molar-refractivity contribution in [2.24, 2.45) is 11.8 Å². The highest BCUT2D eigenvalue weighted by atomic mass is 16.3. The lowest BCUT2D eigenvalue weighted by atomic mass is 9.70. The van der Waals surface area contributed by atoms with Crippen LogP contribution in [0.4, 0.5) is 0 Å². The molecule has 19 heavy (non-hydrogen) atoms. The Morgan fingerprint density at radius 1 is 1.37 bits per heavy atom. The minimum Gasteiger partial charge on any atom is -0.390 e. The highest BCUT2D eigenvalue weighted by Crippen LogP contribution is 2.40. The average Bonchev–Trinajstić information content (AvgIpc) is 2.38. The summed E-state index contributed by atoms with van der Waals surface area (Å²) in [5.74, 6) is 0.758. The molecular weight excluding hydrogens is 232 g/mol. The molecule has 1 aliphatic carbocycles. The van der Waals surface area contributed by atoms with Crippen LogP contribution in [0, 0.1) is 11.8 Å². The Kier molecular flexibility index (Phi) is 4.26. The van der Waals surface area contributed by atoms with Gasteiger partial charge in [0, 0.05) is 5.92 Å². The van der Waals surface area contributed by atoms with Crippen LogP contribution >= 0.6 is 0 Å². The summed E-state index contributed by atoms with van der Waals surface area (Å²) in [5, 5.41) is 10.5. The Morgan fingerprint density at radius 2 is 2.05 bits per heavy atom. The lowest BCUT2D eigenvalue weighted by Gasteiger charge is -2.39. The van der Waals surface area contributed by atoms with Gasteiger partial charge in [-0.3, -0.25) is 0 Å². The van der Waals surface area contributed by atoms with E-state index in [1.54, 1.807) is 0 Å². The first-order valence-electron chi connectivity index (χ1n) is 7.10. The van der Waals surface area contributed by atoms with Gasteiger partial charge in [-0.2, -0.15) is 0 Å². The molecule has 0 aliphatic heterocycles. The van der Waals surface area contributed by atoms with Crippen LogP contribution < -0.4 is 0 Å². The Morgan fingerprint density at radius 3 is 2.68 bits per heavy atom. The summed E-state index contributed by atoms with van der Waals surface area (Å²) in [5.41, 5.74) is 1.85. The molecule has 0 saturated heterocycles. The fourth-order valence-electron chi connectivity index (χ4n) is 2.85. The number of hydrogen-bond acceptors (Lipinski definition) is 1. The van der Waals surface area contributed by atoms with Crippen molar-refractivity contribution in [3.8, 4) is 0 Å². The van der Waals surface area contributed by atoms with E-state index in [9.17, 15) is 5.11 Å². The Labute approximate surface area is 116 Å². The molecule has 2 rings (SSSR count). The summed E-state index contributed by atoms with van der Waals surface area (Å²) in [6.45, 7) is 8.13. The maximum absolute atomic E-state index is 10.5. The normalized spacial score (nSPS) is 31.5. The van der Waals surface area contributed by atoms with E-state index in [-0.39, 0.29) is 5.92 Å². The van der Waals surface area contributed by atoms with E-state index in [2.05, 4.69) is 37.8 Å². The third kappa shape index (κ3) is 3.57. The van der Waals surface area contributed by atoms with Crippen molar-refractivity contribution >= 4 is 6.08 Å². The predicted molar refractivity (Wildman–Crippen MR) is 81.7 cm³/mol. The smallest absolute Gasteiger partial charge is 0.0682 e. The molecule has 0 radical (unpaired) electrons. The van der Waals surface area contributed by atoms with Crippen LogP contribution in [0.25, 0.3) is 6.08 Å². The van der Waals surface area contributed by atoms with Crippen LogP contribution in [0.3, 0.4) is 0 Å². The molecule has 1 saturated carbocycles. The van der Waals surface area contributed by atoms with Crippen molar-refractivity contribution in [3.05, 3.63) is 54.1 Å². The Balaban J connectivity index is 2.11. The van der Waals surface area contributed by atoms with E-state index in [4.69, 9.17) is 0 Å². The van der Waals surface area contributed by atoms with Gasteiger partial charge in [-0.25, -0.2) is 0 Å². The molecule has 0 amide bonds. The summed E-state index contributed by atoms with van der Waals surface area (Å²) in [6, 6.07) is 10.3. The SMILES string of the molecule is C=C(C)C1CCC(C)(O)C(C=Cc2ccccc2)C1. The summed E-state index contributed by atoms with van der Waals surface area (Å²) >= 11 is 0. The van der Waals surface area contributed by atoms with Gasteiger partial charge in [-0.15, -0.1) is 0 Å². The van der Waals surface area contributed by atoms with E-state index in [1.807, 2.05) is 25.1 Å². The van der Waals surface area contributed by atoms with E-state index in [0.29, 0.717) is 5.92 Å². The van der Waals surface area contributed by atoms with Crippen molar-refractivity contribution in [1.29, 1.82) is 0 Å². The minimum atomic E-state index is -0.586. The molecule has 3 unspecified atom stereocenters. The van der Waals surface area contributed by atoms with Gasteiger partial charge >= 0.3 is 0 Å². The molecule has 0 heterocycles. The topological polar surface area (TPSA) is 20.2 Å². The number of allylic oxidation sites excluding steroid dienone is 1. The maximum Gasteiger partial charge on any atom is 0.0682 e. The molecule has 1 heteroatoms. The molecule has 1 N–H and O–H groups in total. The van der Waals surface area contributed by atoms with Crippen molar-refractivity contribution in [3.63, 3.8) is 0 Å². The van der Waals surface area contributed by atoms with Crippen LogP contribution in [-0.2, 0) is 0 Å². The van der Waals surface area contributed by atoms with Crippen LogP contribution in [0.5, 0.6) is 0 Å². The summed E-state index contributed by atoms with van der Waals surface area (Å²) in [4.78, 5) is 0. The lowest BCUT2D eigenvalue weighted by Crippen LogP contribution is -2.39. The second-order valence-electron chi connectivity index (χ2n) is 6.05. The van der Waals surface area contributed by atoms with E-state index in [0.717, 1.165) is 19.3 Å². The third-order valence-corrected chi connectivity index (χ3v) is 4.35. The Bertz CT molecular complexity index is 456. The van der Waals surface area contributed by atoms with Crippen molar-refractivity contribution in [1.82, 2.24) is 0 Å². The maximum atomic E-state index is 10.5. The van der Waals surface area contributed by atoms with Gasteiger partial charge < -0.3 is 5.11 Å². The molecule has 1 nitrogen and oxygen atoms in total. The zero-order chi connectivity index (χ0) is 13.9. The third-order valence-electron chi connectivity index (χ3n) is 4.35. The molecule has 0 spiro atoms. The first kappa shape index (κ1) is 14.1. The molecule has 1 aromatic carbocycles. The molecular formula is C18H24O. The fraction of sp³-hybridized carbons (Fsp3) is 0.444. The monoisotopic (exact) mass is 256 g/mol. The summed E-state index contributed by atoms with van der Waals surface area (Å²) < 4.78 is 0. The second kappa shape index (κ2) is 5.75. The van der Waals surface area contributed by atoms with Crippen molar-refractivity contribution < 1.29 is 5.11 Å². The van der Waals surface area contributed by atoms with E-state index in [1.165, 1.54) is 11.1 Å². The first-order valence-corrected chi connectivity index (χ1v) is 7.10. The zero-order valence-electron chi connectivity index (χ0n) is 12.0. The molecule has 102 valence electrons. The number of rotatable bonds is 3. The molecule has 1 aliphatic rings. The number of aliphatic hydroxyl groups is 1. The lowest BCUT2D eigenvalue weighted by molar-refractivity contribution is -0.0222. The largest absolute Gasteiger partial charge is 0.390 e. The number of hydrogen-bond donors (Lipinski definition) is 1. The van der Waals surface area contributed by atoms with Crippen LogP contribution in [0.2, 0.25) is 0 Å². The van der Waals surface area contributed by atoms with E-state index >= 15 is 0 Å². The quantitative estimate of drug-likeness (QED) is 0.792. The van der Waals surface area contributed by atoms with E-state index < -0.39 is 5.60 Å². The van der Waals surface area contributed by atoms with Gasteiger partial charge in [0.1, 0.15) is 0 Å². The molecule has 3 atom stereocenters. The van der Waals surface area contributed by atoms with Gasteiger partial charge in [0.2, 0.25) is 0 Å². The molecule has 1 fully saturated rings.